The Balaban J connectivity index is 3.03. The lowest BCUT2D eigenvalue weighted by Gasteiger charge is -2.07. The highest BCUT2D eigenvalue weighted by Gasteiger charge is 2.12. The molecule has 5 heteroatoms. The van der Waals surface area contributed by atoms with Gasteiger partial charge in [-0.15, -0.1) is 0 Å². The molecule has 0 aromatic heterocycles. The number of alkyl halides is 1. The maximum Gasteiger partial charge on any atom is 0.310 e. The van der Waals surface area contributed by atoms with E-state index in [2.05, 4.69) is 20.7 Å². The first kappa shape index (κ1) is 12.8. The van der Waals surface area contributed by atoms with Gasteiger partial charge in [-0.25, -0.2) is 0 Å². The molecule has 0 fully saturated rings. The normalized spacial score (nSPS) is 10.1. The summed E-state index contributed by atoms with van der Waals surface area (Å²) in [5, 5.41) is 1.65. The van der Waals surface area contributed by atoms with Gasteiger partial charge >= 0.3 is 5.97 Å². The van der Waals surface area contributed by atoms with Crippen molar-refractivity contribution in [2.75, 3.05) is 7.11 Å². The summed E-state index contributed by atoms with van der Waals surface area (Å²) in [5.41, 5.74) is 1.58. The lowest BCUT2D eigenvalue weighted by Crippen LogP contribution is -2.05. The molecule has 0 radical (unpaired) electrons. The maximum atomic E-state index is 11.1. The van der Waals surface area contributed by atoms with Crippen molar-refractivity contribution in [3.05, 3.63) is 33.3 Å². The van der Waals surface area contributed by atoms with Gasteiger partial charge < -0.3 is 4.74 Å². The van der Waals surface area contributed by atoms with Crippen LogP contribution in [0.15, 0.2) is 12.1 Å². The fraction of sp³-hybridized carbons (Fsp3) is 0.300. The number of esters is 1. The Bertz CT molecular complexity index is 357. The summed E-state index contributed by atoms with van der Waals surface area (Å²) >= 11 is 15.3. The van der Waals surface area contributed by atoms with Crippen molar-refractivity contribution in [1.82, 2.24) is 0 Å². The molecule has 0 unspecified atom stereocenters. The van der Waals surface area contributed by atoms with Crippen LogP contribution in [-0.2, 0) is 21.3 Å². The molecular weight excluding hydrogens is 303 g/mol. The quantitative estimate of drug-likeness (QED) is 0.630. The molecule has 1 rings (SSSR count). The highest BCUT2D eigenvalue weighted by molar-refractivity contribution is 9.08. The lowest BCUT2D eigenvalue weighted by atomic mass is 10.1. The Morgan fingerprint density at radius 2 is 1.93 bits per heavy atom. The van der Waals surface area contributed by atoms with Crippen molar-refractivity contribution in [1.29, 1.82) is 0 Å². The van der Waals surface area contributed by atoms with Crippen LogP contribution in [0.4, 0.5) is 0 Å². The van der Waals surface area contributed by atoms with Gasteiger partial charge in [0.05, 0.1) is 13.5 Å². The SMILES string of the molecule is COC(=O)Cc1c(Cl)cc(CBr)cc1Cl. The van der Waals surface area contributed by atoms with Gasteiger partial charge in [0, 0.05) is 20.9 Å². The Morgan fingerprint density at radius 3 is 2.33 bits per heavy atom. The van der Waals surface area contributed by atoms with E-state index in [-0.39, 0.29) is 12.4 Å². The number of carbonyl (C=O) groups is 1. The lowest BCUT2D eigenvalue weighted by molar-refractivity contribution is -0.139. The van der Waals surface area contributed by atoms with Gasteiger partial charge in [0.25, 0.3) is 0 Å². The predicted molar refractivity (Wildman–Crippen MR) is 64.8 cm³/mol. The molecule has 0 atom stereocenters. The largest absolute Gasteiger partial charge is 0.469 e. The zero-order valence-corrected chi connectivity index (χ0v) is 11.1. The van der Waals surface area contributed by atoms with Crippen LogP contribution < -0.4 is 0 Å². The van der Waals surface area contributed by atoms with Crippen molar-refractivity contribution >= 4 is 45.1 Å². The van der Waals surface area contributed by atoms with Crippen molar-refractivity contribution in [2.24, 2.45) is 0 Å². The third-order valence-corrected chi connectivity index (χ3v) is 3.23. The molecule has 1 aromatic rings. The van der Waals surface area contributed by atoms with Crippen LogP contribution in [0.5, 0.6) is 0 Å². The van der Waals surface area contributed by atoms with E-state index in [1.807, 2.05) is 0 Å². The second-order valence-electron chi connectivity index (χ2n) is 2.92. The summed E-state index contributed by atoms with van der Waals surface area (Å²) in [6.45, 7) is 0. The minimum atomic E-state index is -0.356. The van der Waals surface area contributed by atoms with Crippen LogP contribution in [-0.4, -0.2) is 13.1 Å². The highest BCUT2D eigenvalue weighted by atomic mass is 79.9. The fourth-order valence-electron chi connectivity index (χ4n) is 1.12. The van der Waals surface area contributed by atoms with Crippen LogP contribution in [0.2, 0.25) is 10.0 Å². The Hall–Kier alpha value is -0.250. The van der Waals surface area contributed by atoms with Crippen LogP contribution in [0.25, 0.3) is 0 Å². The first-order chi connectivity index (χ1) is 7.08. The standard InChI is InChI=1S/C10H9BrCl2O2/c1-15-10(14)4-7-8(12)2-6(5-11)3-9(7)13/h2-3H,4-5H2,1H3. The molecule has 15 heavy (non-hydrogen) atoms. The maximum absolute atomic E-state index is 11.1. The first-order valence-electron chi connectivity index (χ1n) is 4.18. The molecule has 0 heterocycles. The summed E-state index contributed by atoms with van der Waals surface area (Å²) in [4.78, 5) is 11.1. The molecule has 0 aliphatic carbocycles. The van der Waals surface area contributed by atoms with Gasteiger partial charge in [-0.1, -0.05) is 39.1 Å². The van der Waals surface area contributed by atoms with E-state index in [1.165, 1.54) is 7.11 Å². The monoisotopic (exact) mass is 310 g/mol. The topological polar surface area (TPSA) is 26.3 Å². The summed E-state index contributed by atoms with van der Waals surface area (Å²) in [5.74, 6) is -0.356. The molecule has 0 amide bonds. The van der Waals surface area contributed by atoms with E-state index in [9.17, 15) is 4.79 Å². The van der Waals surface area contributed by atoms with Crippen molar-refractivity contribution < 1.29 is 9.53 Å². The van der Waals surface area contributed by atoms with Crippen LogP contribution in [0.3, 0.4) is 0 Å². The number of hydrogen-bond acceptors (Lipinski definition) is 2. The molecule has 0 bridgehead atoms. The third-order valence-electron chi connectivity index (χ3n) is 1.90. The average molecular weight is 312 g/mol. The van der Waals surface area contributed by atoms with Gasteiger partial charge in [-0.2, -0.15) is 0 Å². The third kappa shape index (κ3) is 3.37. The smallest absolute Gasteiger partial charge is 0.310 e. The predicted octanol–water partition coefficient (Wildman–Crippen LogP) is 3.60. The summed E-state index contributed by atoms with van der Waals surface area (Å²) in [7, 11) is 1.33. The van der Waals surface area contributed by atoms with Gasteiger partial charge in [0.15, 0.2) is 0 Å². The summed E-state index contributed by atoms with van der Waals surface area (Å²) in [6.07, 6.45) is 0.0940. The number of carbonyl (C=O) groups excluding carboxylic acids is 1. The van der Waals surface area contributed by atoms with Crippen molar-refractivity contribution in [3.63, 3.8) is 0 Å². The highest BCUT2D eigenvalue weighted by Crippen LogP contribution is 2.28. The second-order valence-corrected chi connectivity index (χ2v) is 4.30. The van der Waals surface area contributed by atoms with E-state index in [4.69, 9.17) is 23.2 Å². The summed E-state index contributed by atoms with van der Waals surface area (Å²) < 4.78 is 4.56. The van der Waals surface area contributed by atoms with E-state index in [0.717, 1.165) is 5.56 Å². The molecule has 0 spiro atoms. The zero-order chi connectivity index (χ0) is 11.4. The number of benzene rings is 1. The second kappa shape index (κ2) is 5.73. The minimum absolute atomic E-state index is 0.0940. The Morgan fingerprint density at radius 1 is 1.40 bits per heavy atom. The van der Waals surface area contributed by atoms with Gasteiger partial charge in [0.1, 0.15) is 0 Å². The van der Waals surface area contributed by atoms with E-state index >= 15 is 0 Å². The number of hydrogen-bond donors (Lipinski definition) is 0. The zero-order valence-electron chi connectivity index (χ0n) is 8.02. The number of methoxy groups -OCH3 is 1. The van der Waals surface area contributed by atoms with Crippen LogP contribution in [0, 0.1) is 0 Å². The van der Waals surface area contributed by atoms with E-state index < -0.39 is 0 Å². The molecule has 2 nitrogen and oxygen atoms in total. The van der Waals surface area contributed by atoms with Crippen LogP contribution >= 0.6 is 39.1 Å². The fourth-order valence-corrected chi connectivity index (χ4v) is 2.11. The van der Waals surface area contributed by atoms with E-state index in [1.54, 1.807) is 12.1 Å². The Kier molecular flexibility index (Phi) is 4.90. The molecule has 0 N–H and O–H groups in total. The minimum Gasteiger partial charge on any atom is -0.469 e. The summed E-state index contributed by atoms with van der Waals surface area (Å²) in [6, 6.07) is 3.56. The molecule has 0 saturated carbocycles. The molecule has 82 valence electrons. The Labute approximate surface area is 107 Å². The number of rotatable bonds is 3. The van der Waals surface area contributed by atoms with Gasteiger partial charge in [-0.3, -0.25) is 4.79 Å². The molecule has 0 saturated heterocycles. The number of ether oxygens (including phenoxy) is 1. The molecule has 0 aliphatic heterocycles. The van der Waals surface area contributed by atoms with Crippen LogP contribution in [0.1, 0.15) is 11.1 Å². The number of halogens is 3. The average Bonchev–Trinajstić information content (AvgIpc) is 2.22. The van der Waals surface area contributed by atoms with Gasteiger partial charge in [0.2, 0.25) is 0 Å². The molecule has 0 aliphatic rings. The van der Waals surface area contributed by atoms with Crippen molar-refractivity contribution in [3.8, 4) is 0 Å². The van der Waals surface area contributed by atoms with Gasteiger partial charge in [-0.05, 0) is 17.7 Å². The first-order valence-corrected chi connectivity index (χ1v) is 6.05. The molecular formula is C10H9BrCl2O2. The molecule has 1 aromatic carbocycles. The van der Waals surface area contributed by atoms with Crippen molar-refractivity contribution in [2.45, 2.75) is 11.8 Å². The van der Waals surface area contributed by atoms with E-state index in [0.29, 0.717) is 20.9 Å².